The average Bonchev–Trinajstić information content (AvgIpc) is 3.06. The summed E-state index contributed by atoms with van der Waals surface area (Å²) in [4.78, 5) is 28.8. The van der Waals surface area contributed by atoms with Crippen LogP contribution in [-0.4, -0.2) is 30.5 Å². The van der Waals surface area contributed by atoms with Crippen molar-refractivity contribution in [2.45, 2.75) is 13.1 Å². The van der Waals surface area contributed by atoms with Crippen molar-refractivity contribution in [3.05, 3.63) is 82.2 Å². The molecule has 2 heterocycles. The second kappa shape index (κ2) is 7.78. The Kier molecular flexibility index (Phi) is 5.00. The molecule has 0 fully saturated rings. The first-order valence-corrected chi connectivity index (χ1v) is 8.68. The summed E-state index contributed by atoms with van der Waals surface area (Å²) in [5, 5.41) is 10.1. The number of aromatic nitrogens is 5. The Hall–Kier alpha value is -4.02. The van der Waals surface area contributed by atoms with Gasteiger partial charge >= 0.3 is 0 Å². The van der Waals surface area contributed by atoms with Crippen molar-refractivity contribution in [3.8, 4) is 0 Å². The minimum atomic E-state index is -0.742. The molecule has 1 amide bonds. The lowest BCUT2D eigenvalue weighted by atomic mass is 10.2. The van der Waals surface area contributed by atoms with Gasteiger partial charge in [0.05, 0.1) is 6.54 Å². The molecular weight excluding hydrogens is 401 g/mol. The van der Waals surface area contributed by atoms with Crippen LogP contribution in [0.25, 0.3) is 11.2 Å². The molecule has 0 bridgehead atoms. The molecule has 0 aliphatic carbocycles. The fraction of sp³-hybridized carbons (Fsp3) is 0.105. The third kappa shape index (κ3) is 4.04. The van der Waals surface area contributed by atoms with Gasteiger partial charge in [0.2, 0.25) is 5.91 Å². The number of fused-ring (bicyclic) bond motifs is 1. The fourth-order valence-corrected chi connectivity index (χ4v) is 2.90. The highest BCUT2D eigenvalue weighted by Gasteiger charge is 2.15. The van der Waals surface area contributed by atoms with E-state index in [-0.39, 0.29) is 35.5 Å². The maximum atomic E-state index is 13.4. The number of nitrogens with zero attached hydrogens (tertiary/aromatic N) is 5. The van der Waals surface area contributed by atoms with Gasteiger partial charge in [-0.25, -0.2) is 22.8 Å². The zero-order valence-electron chi connectivity index (χ0n) is 15.2. The SMILES string of the molecule is O=C(Cn1cnc2c(nnn2Cc2cc(F)cc(F)c2)c1=O)Nc1cccc(F)c1. The number of amides is 1. The average molecular weight is 414 g/mol. The van der Waals surface area contributed by atoms with Crippen LogP contribution in [0.15, 0.2) is 53.6 Å². The molecule has 2 aromatic heterocycles. The van der Waals surface area contributed by atoms with Crippen LogP contribution in [0.2, 0.25) is 0 Å². The van der Waals surface area contributed by atoms with Gasteiger partial charge in [0.25, 0.3) is 5.56 Å². The van der Waals surface area contributed by atoms with Crippen LogP contribution in [0.5, 0.6) is 0 Å². The molecule has 0 aliphatic rings. The topological polar surface area (TPSA) is 94.7 Å². The van der Waals surface area contributed by atoms with Crippen LogP contribution < -0.4 is 10.9 Å². The number of hydrogen-bond acceptors (Lipinski definition) is 5. The van der Waals surface area contributed by atoms with Crippen molar-refractivity contribution in [2.24, 2.45) is 0 Å². The van der Waals surface area contributed by atoms with Crippen molar-refractivity contribution in [1.29, 1.82) is 0 Å². The van der Waals surface area contributed by atoms with E-state index in [9.17, 15) is 22.8 Å². The van der Waals surface area contributed by atoms with Crippen LogP contribution in [0.4, 0.5) is 18.9 Å². The molecule has 4 aromatic rings. The summed E-state index contributed by atoms with van der Waals surface area (Å²) in [6, 6.07) is 8.33. The van der Waals surface area contributed by atoms with Crippen molar-refractivity contribution < 1.29 is 18.0 Å². The quantitative estimate of drug-likeness (QED) is 0.540. The first-order chi connectivity index (χ1) is 14.4. The Balaban J connectivity index is 1.56. The monoisotopic (exact) mass is 414 g/mol. The van der Waals surface area contributed by atoms with E-state index in [1.54, 1.807) is 0 Å². The molecule has 11 heteroatoms. The van der Waals surface area contributed by atoms with E-state index in [1.165, 1.54) is 22.9 Å². The number of nitrogens with one attached hydrogen (secondary N) is 1. The largest absolute Gasteiger partial charge is 0.324 e. The number of carbonyl (C=O) groups is 1. The van der Waals surface area contributed by atoms with Gasteiger partial charge in [0.15, 0.2) is 11.2 Å². The highest BCUT2D eigenvalue weighted by atomic mass is 19.1. The minimum absolute atomic E-state index is 0.0539. The summed E-state index contributed by atoms with van der Waals surface area (Å²) in [7, 11) is 0. The van der Waals surface area contributed by atoms with E-state index in [4.69, 9.17) is 0 Å². The lowest BCUT2D eigenvalue weighted by Gasteiger charge is -2.07. The van der Waals surface area contributed by atoms with Gasteiger partial charge in [-0.2, -0.15) is 0 Å². The van der Waals surface area contributed by atoms with Crippen LogP contribution >= 0.6 is 0 Å². The highest BCUT2D eigenvalue weighted by Crippen LogP contribution is 2.12. The van der Waals surface area contributed by atoms with Crippen molar-refractivity contribution in [3.63, 3.8) is 0 Å². The van der Waals surface area contributed by atoms with Gasteiger partial charge in [-0.3, -0.25) is 14.2 Å². The molecule has 1 N–H and O–H groups in total. The van der Waals surface area contributed by atoms with Gasteiger partial charge in [-0.15, -0.1) is 5.10 Å². The summed E-state index contributed by atoms with van der Waals surface area (Å²) in [6.07, 6.45) is 1.14. The van der Waals surface area contributed by atoms with E-state index in [1.807, 2.05) is 0 Å². The number of benzene rings is 2. The lowest BCUT2D eigenvalue weighted by molar-refractivity contribution is -0.116. The zero-order chi connectivity index (χ0) is 21.3. The normalized spacial score (nSPS) is 11.0. The summed E-state index contributed by atoms with van der Waals surface area (Å²) in [5.74, 6) is -2.56. The number of carbonyl (C=O) groups excluding carboxylic acids is 1. The number of anilines is 1. The Morgan fingerprint density at radius 2 is 1.80 bits per heavy atom. The van der Waals surface area contributed by atoms with Crippen molar-refractivity contribution >= 4 is 22.8 Å². The van der Waals surface area contributed by atoms with Gasteiger partial charge in [-0.05, 0) is 35.9 Å². The molecule has 0 saturated heterocycles. The van der Waals surface area contributed by atoms with Crippen LogP contribution in [-0.2, 0) is 17.9 Å². The molecule has 152 valence electrons. The van der Waals surface area contributed by atoms with Crippen molar-refractivity contribution in [2.75, 3.05) is 5.32 Å². The minimum Gasteiger partial charge on any atom is -0.324 e. The lowest BCUT2D eigenvalue weighted by Crippen LogP contribution is -2.28. The smallest absolute Gasteiger partial charge is 0.283 e. The molecule has 2 aromatic carbocycles. The summed E-state index contributed by atoms with van der Waals surface area (Å²) in [6.45, 7) is -0.429. The number of rotatable bonds is 5. The number of halogens is 3. The third-order valence-electron chi connectivity index (χ3n) is 4.17. The zero-order valence-corrected chi connectivity index (χ0v) is 15.2. The Labute approximate surface area is 166 Å². The van der Waals surface area contributed by atoms with Gasteiger partial charge in [0, 0.05) is 11.8 Å². The summed E-state index contributed by atoms with van der Waals surface area (Å²) < 4.78 is 42.2. The molecule has 0 spiro atoms. The molecule has 0 unspecified atom stereocenters. The molecule has 8 nitrogen and oxygen atoms in total. The highest BCUT2D eigenvalue weighted by molar-refractivity contribution is 5.90. The number of hydrogen-bond donors (Lipinski definition) is 1. The maximum Gasteiger partial charge on any atom is 0.283 e. The van der Waals surface area contributed by atoms with Crippen LogP contribution in [0.1, 0.15) is 5.56 Å². The Bertz CT molecular complexity index is 1300. The Morgan fingerprint density at radius 1 is 1.03 bits per heavy atom. The first kappa shape index (κ1) is 19.3. The molecule has 30 heavy (non-hydrogen) atoms. The predicted molar refractivity (Wildman–Crippen MR) is 100 cm³/mol. The molecular formula is C19H13F3N6O2. The molecule has 0 saturated carbocycles. The first-order valence-electron chi connectivity index (χ1n) is 8.68. The van der Waals surface area contributed by atoms with Gasteiger partial charge < -0.3 is 5.32 Å². The second-order valence-electron chi connectivity index (χ2n) is 6.43. The second-order valence-corrected chi connectivity index (χ2v) is 6.43. The molecule has 0 aliphatic heterocycles. The predicted octanol–water partition coefficient (Wildman–Crippen LogP) is 2.09. The molecule has 4 rings (SSSR count). The molecule has 0 atom stereocenters. The van der Waals surface area contributed by atoms with E-state index < -0.39 is 28.9 Å². The summed E-state index contributed by atoms with van der Waals surface area (Å²) >= 11 is 0. The van der Waals surface area contributed by atoms with Crippen LogP contribution in [0.3, 0.4) is 0 Å². The van der Waals surface area contributed by atoms with E-state index in [0.717, 1.165) is 35.2 Å². The third-order valence-corrected chi connectivity index (χ3v) is 4.17. The van der Waals surface area contributed by atoms with E-state index in [0.29, 0.717) is 0 Å². The standard InChI is InChI=1S/C19H13F3N6O2/c20-12-2-1-3-15(7-12)24-16(29)9-27-10-23-18-17(19(27)30)25-26-28(18)8-11-4-13(21)6-14(22)5-11/h1-7,10H,8-9H2,(H,24,29). The molecule has 0 radical (unpaired) electrons. The summed E-state index contributed by atoms with van der Waals surface area (Å²) in [5.41, 5.74) is -0.0967. The van der Waals surface area contributed by atoms with Crippen molar-refractivity contribution in [1.82, 2.24) is 24.5 Å². The van der Waals surface area contributed by atoms with E-state index >= 15 is 0 Å². The maximum absolute atomic E-state index is 13.4. The van der Waals surface area contributed by atoms with Gasteiger partial charge in [-0.1, -0.05) is 11.3 Å². The van der Waals surface area contributed by atoms with Gasteiger partial charge in [0.1, 0.15) is 30.3 Å². The van der Waals surface area contributed by atoms with E-state index in [2.05, 4.69) is 20.6 Å². The van der Waals surface area contributed by atoms with Crippen LogP contribution in [0, 0.1) is 17.5 Å². The Morgan fingerprint density at radius 3 is 2.53 bits per heavy atom. The fourth-order valence-electron chi connectivity index (χ4n) is 2.90.